The molecule has 2 aromatic heterocycles. The highest BCUT2D eigenvalue weighted by Crippen LogP contribution is 2.75. The number of fused-ring (bicyclic) bond motifs is 16. The molecule has 2 heteroatoms. The number of rotatable bonds is 5. The van der Waals surface area contributed by atoms with Crippen LogP contribution in [0.2, 0.25) is 0 Å². The highest BCUT2D eigenvalue weighted by Gasteiger charge is 2.68. The van der Waals surface area contributed by atoms with Crippen LogP contribution in [-0.4, -0.2) is 9.13 Å². The summed E-state index contributed by atoms with van der Waals surface area (Å²) in [6, 6.07) is 99.5. The maximum absolute atomic E-state index is 2.77. The van der Waals surface area contributed by atoms with Crippen molar-refractivity contribution in [3.05, 3.63) is 288 Å². The number of aryl methyl sites for hydroxylation is 1. The van der Waals surface area contributed by atoms with Gasteiger partial charge in [-0.25, -0.2) is 0 Å². The summed E-state index contributed by atoms with van der Waals surface area (Å²) in [5, 5.41) is 5.12. The number of aromatic nitrogens is 2. The van der Waals surface area contributed by atoms with Crippen molar-refractivity contribution in [1.82, 2.24) is 9.13 Å². The SMILES string of the molecule is Cc1ccccc1-c1ccccc1C12CCCCC34CC(CC5(CC(CC1)c1ccccc1-c1ccccc15)C23)c1ccccc1-c1ccc(-n2c3ccccc3c3cc(-c5ccc6c(c5)c5ccccc5n6-c5ccccc5)ccc32)cc14. The number of para-hydroxylation sites is 3. The lowest BCUT2D eigenvalue weighted by molar-refractivity contribution is 0.00268. The minimum absolute atomic E-state index is 0.110. The third-order valence-corrected chi connectivity index (χ3v) is 22.2. The Morgan fingerprint density at radius 2 is 0.798 bits per heavy atom. The molecule has 2 heterocycles. The van der Waals surface area contributed by atoms with E-state index in [9.17, 15) is 0 Å². The van der Waals surface area contributed by atoms with Gasteiger partial charge in [-0.2, -0.15) is 0 Å². The first-order chi connectivity index (χ1) is 41.5. The van der Waals surface area contributed by atoms with Crippen LogP contribution in [0.4, 0.5) is 0 Å². The molecule has 4 bridgehead atoms. The molecular formula is C82H66N2. The zero-order valence-corrected chi connectivity index (χ0v) is 47.7. The second-order valence-electron chi connectivity index (χ2n) is 26.0. The quantitative estimate of drug-likeness (QED) is 0.163. The zero-order valence-electron chi connectivity index (χ0n) is 47.7. The average molecular weight is 1080 g/mol. The maximum atomic E-state index is 2.77. The first-order valence-electron chi connectivity index (χ1n) is 31.2. The van der Waals surface area contributed by atoms with Crippen LogP contribution >= 0.6 is 0 Å². The van der Waals surface area contributed by atoms with Crippen LogP contribution in [0.5, 0.6) is 0 Å². The van der Waals surface area contributed by atoms with E-state index in [1.165, 1.54) is 150 Å². The fourth-order valence-corrected chi connectivity index (χ4v) is 19.3. The Bertz CT molecular complexity index is 4840. The summed E-state index contributed by atoms with van der Waals surface area (Å²) in [4.78, 5) is 0. The van der Waals surface area contributed by atoms with Gasteiger partial charge in [0.15, 0.2) is 0 Å². The summed E-state index contributed by atoms with van der Waals surface area (Å²) in [6.45, 7) is 2.34. The lowest BCUT2D eigenvalue weighted by Crippen LogP contribution is -2.60. The Morgan fingerprint density at radius 3 is 1.46 bits per heavy atom. The van der Waals surface area contributed by atoms with Crippen LogP contribution in [0.1, 0.15) is 103 Å². The van der Waals surface area contributed by atoms with Crippen LogP contribution in [-0.2, 0) is 16.2 Å². The van der Waals surface area contributed by atoms with Crippen molar-refractivity contribution in [2.75, 3.05) is 0 Å². The predicted molar refractivity (Wildman–Crippen MR) is 350 cm³/mol. The standard InChI is InChI=1S/C82H66N2/c1-53-21-5-6-24-60(53)65-29-11-15-33-72(65)80-44-19-20-45-81-51-57(52-82(79(80)81)50-56(43-46-80)61-25-7-9-27-63(61)66-30-12-16-34-73(66)82)62-26-8-10-28-64(62)67-40-39-59(49-74(67)81)84-76-36-18-14-32-69(76)71-48-55(38-42-78(71)84)54-37-41-77-70(47-54)68-31-13-17-35-75(68)83(77)58-22-3-2-4-23-58/h2-18,21-42,47-49,56-57,79H,19-20,43-46,50-52H2,1H3. The Kier molecular flexibility index (Phi) is 10.6. The second-order valence-corrected chi connectivity index (χ2v) is 26.0. The van der Waals surface area contributed by atoms with Gasteiger partial charge in [-0.15, -0.1) is 0 Å². The van der Waals surface area contributed by atoms with E-state index in [1.807, 2.05) is 0 Å². The van der Waals surface area contributed by atoms with Gasteiger partial charge in [-0.3, -0.25) is 0 Å². The first kappa shape index (κ1) is 48.5. The normalized spacial score (nSPS) is 22.9. The van der Waals surface area contributed by atoms with Gasteiger partial charge in [0.2, 0.25) is 0 Å². The first-order valence-corrected chi connectivity index (χ1v) is 31.2. The highest BCUT2D eigenvalue weighted by molar-refractivity contribution is 6.13. The third-order valence-electron chi connectivity index (χ3n) is 22.2. The molecule has 0 radical (unpaired) electrons. The summed E-state index contributed by atoms with van der Waals surface area (Å²) >= 11 is 0. The summed E-state index contributed by atoms with van der Waals surface area (Å²) in [5.41, 5.74) is 27.4. The molecule has 2 nitrogen and oxygen atoms in total. The minimum atomic E-state index is -0.157. The molecule has 11 aromatic carbocycles. The van der Waals surface area contributed by atoms with Crippen molar-refractivity contribution in [3.63, 3.8) is 0 Å². The van der Waals surface area contributed by atoms with Crippen LogP contribution in [0, 0.1) is 12.8 Å². The Labute approximate surface area is 492 Å². The molecule has 6 atom stereocenters. The molecule has 0 aliphatic heterocycles. The second kappa shape index (κ2) is 18.3. The van der Waals surface area contributed by atoms with E-state index in [4.69, 9.17) is 0 Å². The number of benzene rings is 11. The molecule has 5 aliphatic rings. The van der Waals surface area contributed by atoms with Crippen LogP contribution in [0.3, 0.4) is 0 Å². The molecule has 3 fully saturated rings. The number of hydrogen-bond donors (Lipinski definition) is 0. The molecule has 0 N–H and O–H groups in total. The van der Waals surface area contributed by atoms with Gasteiger partial charge in [0.1, 0.15) is 0 Å². The Morgan fingerprint density at radius 1 is 0.321 bits per heavy atom. The van der Waals surface area contributed by atoms with Gasteiger partial charge in [0.05, 0.1) is 22.1 Å². The third kappa shape index (κ3) is 6.74. The Hall–Kier alpha value is -8.98. The van der Waals surface area contributed by atoms with Gasteiger partial charge < -0.3 is 9.13 Å². The van der Waals surface area contributed by atoms with Crippen molar-refractivity contribution >= 4 is 43.6 Å². The molecule has 6 unspecified atom stereocenters. The van der Waals surface area contributed by atoms with E-state index in [0.29, 0.717) is 17.8 Å². The fraction of sp³-hybridized carbons (Fsp3) is 0.195. The summed E-state index contributed by atoms with van der Waals surface area (Å²) in [6.07, 6.45) is 10.7. The van der Waals surface area contributed by atoms with Crippen molar-refractivity contribution < 1.29 is 0 Å². The van der Waals surface area contributed by atoms with Gasteiger partial charge >= 0.3 is 0 Å². The molecule has 0 saturated heterocycles. The molecule has 2 spiro atoms. The van der Waals surface area contributed by atoms with Crippen molar-refractivity contribution in [2.45, 2.75) is 92.8 Å². The molecule has 13 aromatic rings. The summed E-state index contributed by atoms with van der Waals surface area (Å²) in [5.74, 6) is 1.16. The topological polar surface area (TPSA) is 9.86 Å². The van der Waals surface area contributed by atoms with Gasteiger partial charge in [0.25, 0.3) is 0 Å². The van der Waals surface area contributed by atoms with Gasteiger partial charge in [-0.05, 0) is 208 Å². The molecule has 3 saturated carbocycles. The average Bonchev–Trinajstić information content (AvgIpc) is 1.45. The van der Waals surface area contributed by atoms with Crippen LogP contribution < -0.4 is 0 Å². The van der Waals surface area contributed by atoms with E-state index in [-0.39, 0.29) is 16.2 Å². The molecule has 5 aliphatic carbocycles. The van der Waals surface area contributed by atoms with Gasteiger partial charge in [0, 0.05) is 49.2 Å². The number of hydrogen-bond acceptors (Lipinski definition) is 0. The van der Waals surface area contributed by atoms with E-state index < -0.39 is 0 Å². The molecule has 84 heavy (non-hydrogen) atoms. The van der Waals surface area contributed by atoms with E-state index in [2.05, 4.69) is 271 Å². The Balaban J connectivity index is 0.887. The van der Waals surface area contributed by atoms with Crippen molar-refractivity contribution in [2.24, 2.45) is 5.92 Å². The van der Waals surface area contributed by atoms with Crippen molar-refractivity contribution in [3.8, 4) is 55.9 Å². The maximum Gasteiger partial charge on any atom is 0.0541 e. The lowest BCUT2D eigenvalue weighted by Gasteiger charge is -2.63. The summed E-state index contributed by atoms with van der Waals surface area (Å²) < 4.78 is 5.05. The van der Waals surface area contributed by atoms with Crippen LogP contribution in [0.15, 0.2) is 255 Å². The molecular weight excluding hydrogens is 1010 g/mol. The number of nitrogens with zero attached hydrogens (tertiary/aromatic N) is 2. The molecule has 18 rings (SSSR count). The monoisotopic (exact) mass is 1080 g/mol. The highest BCUT2D eigenvalue weighted by atomic mass is 15.0. The van der Waals surface area contributed by atoms with E-state index in [1.54, 1.807) is 27.8 Å². The predicted octanol–water partition coefficient (Wildman–Crippen LogP) is 21.3. The minimum Gasteiger partial charge on any atom is -0.309 e. The van der Waals surface area contributed by atoms with Crippen molar-refractivity contribution in [1.29, 1.82) is 0 Å². The zero-order chi connectivity index (χ0) is 55.3. The van der Waals surface area contributed by atoms with Crippen LogP contribution in [0.25, 0.3) is 99.5 Å². The van der Waals surface area contributed by atoms with E-state index in [0.717, 1.165) is 12.8 Å². The lowest BCUT2D eigenvalue weighted by atomic mass is 9.40. The largest absolute Gasteiger partial charge is 0.309 e. The smallest absolute Gasteiger partial charge is 0.0541 e. The molecule has 0 amide bonds. The van der Waals surface area contributed by atoms with E-state index >= 15 is 0 Å². The summed E-state index contributed by atoms with van der Waals surface area (Å²) in [7, 11) is 0. The fourth-order valence-electron chi connectivity index (χ4n) is 19.3. The van der Waals surface area contributed by atoms with Gasteiger partial charge in [-0.1, -0.05) is 207 Å². The molecule has 404 valence electrons.